The second-order valence-electron chi connectivity index (χ2n) is 6.28. The predicted molar refractivity (Wildman–Crippen MR) is 82.8 cm³/mol. The van der Waals surface area contributed by atoms with Gasteiger partial charge >= 0.3 is 0 Å². The van der Waals surface area contributed by atoms with Crippen molar-refractivity contribution in [2.45, 2.75) is 26.4 Å². The Morgan fingerprint density at radius 3 is 2.43 bits per heavy atom. The fraction of sp³-hybridized carbons (Fsp3) is 0.600. The number of rotatable bonds is 4. The van der Waals surface area contributed by atoms with Crippen molar-refractivity contribution in [3.05, 3.63) is 33.9 Å². The molecule has 0 unspecified atom stereocenters. The van der Waals surface area contributed by atoms with Crippen molar-refractivity contribution in [2.75, 3.05) is 37.6 Å². The number of β-amino-alcohol motifs (C(OH)–C–C–N with tert-alkyl or cyclic N) is 1. The minimum absolute atomic E-state index is 0.202. The highest BCUT2D eigenvalue weighted by Crippen LogP contribution is 2.31. The molecule has 0 atom stereocenters. The molecule has 1 aromatic carbocycles. The molecule has 0 spiro atoms. The van der Waals surface area contributed by atoms with Crippen molar-refractivity contribution in [3.8, 4) is 0 Å². The van der Waals surface area contributed by atoms with Gasteiger partial charge in [0.15, 0.2) is 0 Å². The smallest absolute Gasteiger partial charge is 0.295 e. The number of nitro benzene ring substituents is 1. The molecule has 116 valence electrons. The van der Waals surface area contributed by atoms with Crippen LogP contribution in [0.2, 0.25) is 0 Å². The zero-order valence-electron chi connectivity index (χ0n) is 12.9. The Balaban J connectivity index is 2.10. The Labute approximate surface area is 125 Å². The zero-order chi connectivity index (χ0) is 15.6. The van der Waals surface area contributed by atoms with E-state index in [4.69, 9.17) is 0 Å². The van der Waals surface area contributed by atoms with Crippen LogP contribution in [0.25, 0.3) is 0 Å². The third-order valence-electron chi connectivity index (χ3n) is 3.72. The zero-order valence-corrected chi connectivity index (χ0v) is 12.9. The molecule has 1 N–H and O–H groups in total. The van der Waals surface area contributed by atoms with Gasteiger partial charge in [0.2, 0.25) is 0 Å². The van der Waals surface area contributed by atoms with Crippen LogP contribution in [-0.2, 0) is 0 Å². The Morgan fingerprint density at radius 2 is 1.90 bits per heavy atom. The van der Waals surface area contributed by atoms with Crippen LogP contribution in [0.15, 0.2) is 18.2 Å². The average molecular weight is 293 g/mol. The third kappa shape index (κ3) is 3.92. The van der Waals surface area contributed by atoms with Crippen LogP contribution in [0.3, 0.4) is 0 Å². The number of nitro groups is 1. The van der Waals surface area contributed by atoms with Gasteiger partial charge in [-0.3, -0.25) is 15.0 Å². The van der Waals surface area contributed by atoms with Gasteiger partial charge in [-0.1, -0.05) is 12.1 Å². The summed E-state index contributed by atoms with van der Waals surface area (Å²) in [5.74, 6) is 0. The lowest BCUT2D eigenvalue weighted by Crippen LogP contribution is -2.50. The molecule has 0 radical (unpaired) electrons. The largest absolute Gasteiger partial charge is 0.389 e. The molecule has 1 saturated heterocycles. The van der Waals surface area contributed by atoms with Crippen LogP contribution in [-0.4, -0.2) is 53.3 Å². The summed E-state index contributed by atoms with van der Waals surface area (Å²) in [5, 5.41) is 21.1. The molecule has 0 saturated carbocycles. The molecule has 0 amide bonds. The van der Waals surface area contributed by atoms with Gasteiger partial charge < -0.3 is 10.0 Å². The van der Waals surface area contributed by atoms with Crippen molar-refractivity contribution in [3.63, 3.8) is 0 Å². The van der Waals surface area contributed by atoms with E-state index >= 15 is 0 Å². The molecular formula is C15H23N3O3. The maximum Gasteiger partial charge on any atom is 0.295 e. The Kier molecular flexibility index (Phi) is 4.49. The number of piperazine rings is 1. The van der Waals surface area contributed by atoms with Crippen LogP contribution in [0.4, 0.5) is 11.4 Å². The second-order valence-corrected chi connectivity index (χ2v) is 6.28. The topological polar surface area (TPSA) is 69.8 Å². The van der Waals surface area contributed by atoms with Gasteiger partial charge in [0.25, 0.3) is 5.69 Å². The highest BCUT2D eigenvalue weighted by molar-refractivity contribution is 5.66. The standard InChI is InChI=1S/C15H23N3O3/c1-12-5-4-6-13(14(12)18(20)21)17-9-7-16(8-10-17)11-15(2,3)19/h4-6,19H,7-11H2,1-3H3. The first-order valence-electron chi connectivity index (χ1n) is 7.21. The van der Waals surface area contributed by atoms with E-state index in [2.05, 4.69) is 9.80 Å². The highest BCUT2D eigenvalue weighted by Gasteiger charge is 2.27. The summed E-state index contributed by atoms with van der Waals surface area (Å²) in [6.07, 6.45) is 0. The molecule has 0 bridgehead atoms. The Bertz CT molecular complexity index is 517. The first-order valence-corrected chi connectivity index (χ1v) is 7.21. The van der Waals surface area contributed by atoms with Gasteiger partial charge in [0, 0.05) is 38.3 Å². The first kappa shape index (κ1) is 15.7. The first-order chi connectivity index (χ1) is 9.78. The van der Waals surface area contributed by atoms with Crippen molar-refractivity contribution in [1.82, 2.24) is 4.90 Å². The molecule has 21 heavy (non-hydrogen) atoms. The molecule has 6 nitrogen and oxygen atoms in total. The normalized spacial score (nSPS) is 17.0. The summed E-state index contributed by atoms with van der Waals surface area (Å²) in [4.78, 5) is 15.2. The van der Waals surface area contributed by atoms with Gasteiger partial charge in [-0.2, -0.15) is 0 Å². The van der Waals surface area contributed by atoms with E-state index in [-0.39, 0.29) is 10.6 Å². The molecule has 1 fully saturated rings. The minimum Gasteiger partial charge on any atom is -0.389 e. The van der Waals surface area contributed by atoms with Gasteiger partial charge in [0.1, 0.15) is 5.69 Å². The van der Waals surface area contributed by atoms with Gasteiger partial charge in [-0.05, 0) is 26.8 Å². The SMILES string of the molecule is Cc1cccc(N2CCN(CC(C)(C)O)CC2)c1[N+](=O)[O-]. The van der Waals surface area contributed by atoms with E-state index in [1.54, 1.807) is 26.8 Å². The van der Waals surface area contributed by atoms with Gasteiger partial charge in [-0.25, -0.2) is 0 Å². The number of hydrogen-bond acceptors (Lipinski definition) is 5. The van der Waals surface area contributed by atoms with E-state index < -0.39 is 5.60 Å². The lowest BCUT2D eigenvalue weighted by atomic mass is 10.1. The molecular weight excluding hydrogens is 270 g/mol. The number of aliphatic hydroxyl groups is 1. The van der Waals surface area contributed by atoms with Crippen molar-refractivity contribution < 1.29 is 10.0 Å². The molecule has 1 heterocycles. The predicted octanol–water partition coefficient (Wildman–Crippen LogP) is 1.80. The Morgan fingerprint density at radius 1 is 1.29 bits per heavy atom. The maximum absolute atomic E-state index is 11.3. The van der Waals surface area contributed by atoms with E-state index in [0.29, 0.717) is 17.8 Å². The number of anilines is 1. The lowest BCUT2D eigenvalue weighted by molar-refractivity contribution is -0.384. The van der Waals surface area contributed by atoms with Crippen molar-refractivity contribution in [2.24, 2.45) is 0 Å². The Hall–Kier alpha value is -1.66. The number of nitrogens with zero attached hydrogens (tertiary/aromatic N) is 3. The summed E-state index contributed by atoms with van der Waals surface area (Å²) >= 11 is 0. The van der Waals surface area contributed by atoms with Crippen molar-refractivity contribution in [1.29, 1.82) is 0 Å². The van der Waals surface area contributed by atoms with E-state index in [9.17, 15) is 15.2 Å². The second kappa shape index (κ2) is 5.99. The van der Waals surface area contributed by atoms with E-state index in [1.165, 1.54) is 0 Å². The molecule has 1 aliphatic rings. The van der Waals surface area contributed by atoms with Crippen LogP contribution in [0, 0.1) is 17.0 Å². The lowest BCUT2D eigenvalue weighted by Gasteiger charge is -2.38. The molecule has 6 heteroatoms. The number of benzene rings is 1. The average Bonchev–Trinajstić information content (AvgIpc) is 2.37. The number of para-hydroxylation sites is 1. The molecule has 0 aliphatic carbocycles. The third-order valence-corrected chi connectivity index (χ3v) is 3.72. The van der Waals surface area contributed by atoms with Crippen molar-refractivity contribution >= 4 is 11.4 Å². The number of hydrogen-bond donors (Lipinski definition) is 1. The summed E-state index contributed by atoms with van der Waals surface area (Å²) < 4.78 is 0. The van der Waals surface area contributed by atoms with E-state index in [0.717, 1.165) is 26.2 Å². The highest BCUT2D eigenvalue weighted by atomic mass is 16.6. The van der Waals surface area contributed by atoms with Crippen LogP contribution < -0.4 is 4.90 Å². The summed E-state index contributed by atoms with van der Waals surface area (Å²) in [7, 11) is 0. The van der Waals surface area contributed by atoms with Crippen LogP contribution in [0.1, 0.15) is 19.4 Å². The van der Waals surface area contributed by atoms with Crippen LogP contribution in [0.5, 0.6) is 0 Å². The number of aryl methyl sites for hydroxylation is 1. The fourth-order valence-corrected chi connectivity index (χ4v) is 2.83. The van der Waals surface area contributed by atoms with Gasteiger partial charge in [0.05, 0.1) is 10.5 Å². The minimum atomic E-state index is -0.711. The maximum atomic E-state index is 11.3. The summed E-state index contributed by atoms with van der Waals surface area (Å²) in [5.41, 5.74) is 0.880. The molecule has 2 rings (SSSR count). The molecule has 1 aromatic rings. The quantitative estimate of drug-likeness (QED) is 0.677. The fourth-order valence-electron chi connectivity index (χ4n) is 2.83. The monoisotopic (exact) mass is 293 g/mol. The summed E-state index contributed by atoms with van der Waals surface area (Å²) in [6, 6.07) is 5.45. The van der Waals surface area contributed by atoms with Gasteiger partial charge in [-0.15, -0.1) is 0 Å². The molecule has 0 aromatic heterocycles. The van der Waals surface area contributed by atoms with E-state index in [1.807, 2.05) is 12.1 Å². The summed E-state index contributed by atoms with van der Waals surface area (Å²) in [6.45, 7) is 9.06. The molecule has 1 aliphatic heterocycles. The van der Waals surface area contributed by atoms with Crippen LogP contribution >= 0.6 is 0 Å².